The SMILES string of the molecule is O=C(Nc1ccc(F)c(F)c1)Nc1ccc(F)c(Oc2ccc3ncc(C4CCOCC4)nc3c2)c1. The Balaban J connectivity index is 1.31. The topological polar surface area (TPSA) is 85.4 Å². The third kappa shape index (κ3) is 5.38. The van der Waals surface area contributed by atoms with Gasteiger partial charge in [0.2, 0.25) is 0 Å². The average Bonchev–Trinajstić information content (AvgIpc) is 2.88. The largest absolute Gasteiger partial charge is 0.454 e. The molecule has 1 aliphatic rings. The molecule has 7 nitrogen and oxygen atoms in total. The highest BCUT2D eigenvalue weighted by molar-refractivity contribution is 5.99. The fraction of sp³-hybridized carbons (Fsp3) is 0.192. The zero-order valence-corrected chi connectivity index (χ0v) is 18.9. The highest BCUT2D eigenvalue weighted by atomic mass is 19.2. The maximum Gasteiger partial charge on any atom is 0.323 e. The first-order valence-electron chi connectivity index (χ1n) is 11.3. The van der Waals surface area contributed by atoms with E-state index in [2.05, 4.69) is 15.6 Å². The molecular formula is C26H21F3N4O3. The van der Waals surface area contributed by atoms with Gasteiger partial charge >= 0.3 is 6.03 Å². The van der Waals surface area contributed by atoms with Crippen molar-refractivity contribution in [2.45, 2.75) is 18.8 Å². The summed E-state index contributed by atoms with van der Waals surface area (Å²) in [7, 11) is 0. The fourth-order valence-corrected chi connectivity index (χ4v) is 3.91. The molecule has 0 atom stereocenters. The van der Waals surface area contributed by atoms with Crippen molar-refractivity contribution >= 4 is 28.4 Å². The molecule has 3 aromatic carbocycles. The van der Waals surface area contributed by atoms with Gasteiger partial charge in [-0.05, 0) is 49.2 Å². The van der Waals surface area contributed by atoms with Gasteiger partial charge in [-0.3, -0.25) is 4.98 Å². The van der Waals surface area contributed by atoms with E-state index in [0.717, 1.165) is 36.7 Å². The molecule has 1 aromatic heterocycles. The molecule has 1 aliphatic heterocycles. The van der Waals surface area contributed by atoms with Gasteiger partial charge in [0.15, 0.2) is 23.2 Å². The highest BCUT2D eigenvalue weighted by Crippen LogP contribution is 2.31. The number of hydrogen-bond donors (Lipinski definition) is 2. The molecule has 0 aliphatic carbocycles. The van der Waals surface area contributed by atoms with Crippen molar-refractivity contribution in [3.63, 3.8) is 0 Å². The molecule has 1 saturated heterocycles. The molecule has 36 heavy (non-hydrogen) atoms. The van der Waals surface area contributed by atoms with E-state index in [1.54, 1.807) is 24.4 Å². The number of nitrogens with one attached hydrogen (secondary N) is 2. The molecule has 184 valence electrons. The number of fused-ring (bicyclic) bond motifs is 1. The monoisotopic (exact) mass is 494 g/mol. The van der Waals surface area contributed by atoms with E-state index in [1.165, 1.54) is 18.2 Å². The third-order valence-corrected chi connectivity index (χ3v) is 5.77. The van der Waals surface area contributed by atoms with Gasteiger partial charge in [-0.15, -0.1) is 0 Å². The molecule has 1 fully saturated rings. The number of nitrogens with zero attached hydrogens (tertiary/aromatic N) is 2. The number of urea groups is 1. The van der Waals surface area contributed by atoms with Crippen LogP contribution in [0.2, 0.25) is 0 Å². The van der Waals surface area contributed by atoms with E-state index in [4.69, 9.17) is 14.5 Å². The van der Waals surface area contributed by atoms with Crippen LogP contribution in [0, 0.1) is 17.5 Å². The number of anilines is 2. The molecule has 10 heteroatoms. The first-order chi connectivity index (χ1) is 17.4. The van der Waals surface area contributed by atoms with Gasteiger partial charge in [-0.25, -0.2) is 22.9 Å². The van der Waals surface area contributed by atoms with Crippen LogP contribution in [0.4, 0.5) is 29.3 Å². The highest BCUT2D eigenvalue weighted by Gasteiger charge is 2.18. The quantitative estimate of drug-likeness (QED) is 0.336. The second-order valence-electron chi connectivity index (χ2n) is 8.29. The van der Waals surface area contributed by atoms with E-state index in [-0.39, 0.29) is 23.0 Å². The summed E-state index contributed by atoms with van der Waals surface area (Å²) in [6, 6.07) is 11.1. The van der Waals surface area contributed by atoms with Crippen LogP contribution in [0.3, 0.4) is 0 Å². The fourth-order valence-electron chi connectivity index (χ4n) is 3.91. The summed E-state index contributed by atoms with van der Waals surface area (Å²) in [6.45, 7) is 1.38. The van der Waals surface area contributed by atoms with Crippen LogP contribution in [0.25, 0.3) is 11.0 Å². The van der Waals surface area contributed by atoms with Gasteiger partial charge in [0.1, 0.15) is 5.75 Å². The van der Waals surface area contributed by atoms with Gasteiger partial charge in [-0.2, -0.15) is 0 Å². The predicted molar refractivity (Wildman–Crippen MR) is 128 cm³/mol. The Labute approximate surface area is 204 Å². The summed E-state index contributed by atoms with van der Waals surface area (Å²) < 4.78 is 52.1. The smallest absolute Gasteiger partial charge is 0.323 e. The van der Waals surface area contributed by atoms with Crippen LogP contribution >= 0.6 is 0 Å². The second kappa shape index (κ2) is 10.2. The first kappa shape index (κ1) is 23.6. The maximum atomic E-state index is 14.5. The third-order valence-electron chi connectivity index (χ3n) is 5.77. The Morgan fingerprint density at radius 2 is 1.58 bits per heavy atom. The summed E-state index contributed by atoms with van der Waals surface area (Å²) in [5.41, 5.74) is 2.48. The lowest BCUT2D eigenvalue weighted by atomic mass is 9.97. The van der Waals surface area contributed by atoms with Gasteiger partial charge in [0, 0.05) is 54.9 Å². The molecule has 0 bridgehead atoms. The van der Waals surface area contributed by atoms with Crippen LogP contribution in [0.1, 0.15) is 24.5 Å². The molecular weight excluding hydrogens is 473 g/mol. The van der Waals surface area contributed by atoms with Crippen molar-refractivity contribution in [1.29, 1.82) is 0 Å². The van der Waals surface area contributed by atoms with Crippen LogP contribution in [0.15, 0.2) is 60.8 Å². The minimum atomic E-state index is -1.09. The lowest BCUT2D eigenvalue weighted by molar-refractivity contribution is 0.0845. The Kier molecular flexibility index (Phi) is 6.68. The van der Waals surface area contributed by atoms with Crippen molar-refractivity contribution in [3.8, 4) is 11.5 Å². The predicted octanol–water partition coefficient (Wildman–Crippen LogP) is 6.38. The number of halogens is 3. The molecule has 2 N–H and O–H groups in total. The van der Waals surface area contributed by atoms with E-state index in [9.17, 15) is 18.0 Å². The van der Waals surface area contributed by atoms with Crippen LogP contribution in [0.5, 0.6) is 11.5 Å². The summed E-state index contributed by atoms with van der Waals surface area (Å²) in [6.07, 6.45) is 3.54. The Morgan fingerprint density at radius 3 is 2.33 bits per heavy atom. The molecule has 0 spiro atoms. The number of amides is 2. The molecule has 4 aromatic rings. The zero-order valence-electron chi connectivity index (χ0n) is 18.9. The van der Waals surface area contributed by atoms with Gasteiger partial charge in [-0.1, -0.05) is 0 Å². The number of ether oxygens (including phenoxy) is 2. The Hall–Kier alpha value is -4.18. The van der Waals surface area contributed by atoms with Crippen molar-refractivity contribution in [2.75, 3.05) is 23.8 Å². The first-order valence-corrected chi connectivity index (χ1v) is 11.3. The second-order valence-corrected chi connectivity index (χ2v) is 8.29. The normalized spacial score (nSPS) is 14.0. The molecule has 5 rings (SSSR count). The summed E-state index contributed by atoms with van der Waals surface area (Å²) in [5, 5.41) is 4.89. The van der Waals surface area contributed by atoms with Crippen LogP contribution in [-0.2, 0) is 4.74 Å². The standard InChI is InChI=1S/C26H21F3N4O3/c27-19-4-1-16(11-21(19)29)31-26(34)32-17-2-5-20(28)25(12-17)36-18-3-6-22-23(13-18)33-24(14-30-22)15-7-9-35-10-8-15/h1-6,11-15H,7-10H2,(H2,31,32,34). The minimum absolute atomic E-state index is 0.0578. The lowest BCUT2D eigenvalue weighted by Crippen LogP contribution is -2.19. The van der Waals surface area contributed by atoms with E-state index < -0.39 is 23.5 Å². The lowest BCUT2D eigenvalue weighted by Gasteiger charge is -2.21. The average molecular weight is 494 g/mol. The minimum Gasteiger partial charge on any atom is -0.454 e. The van der Waals surface area contributed by atoms with Crippen molar-refractivity contribution < 1.29 is 27.4 Å². The van der Waals surface area contributed by atoms with Gasteiger partial charge in [0.25, 0.3) is 0 Å². The number of benzene rings is 3. The van der Waals surface area contributed by atoms with Gasteiger partial charge < -0.3 is 20.1 Å². The Morgan fingerprint density at radius 1 is 0.861 bits per heavy atom. The van der Waals surface area contributed by atoms with E-state index >= 15 is 0 Å². The molecule has 0 radical (unpaired) electrons. The summed E-state index contributed by atoms with van der Waals surface area (Å²) >= 11 is 0. The number of hydrogen-bond acceptors (Lipinski definition) is 5. The number of rotatable bonds is 5. The summed E-state index contributed by atoms with van der Waals surface area (Å²) in [5.74, 6) is -2.25. The van der Waals surface area contributed by atoms with E-state index in [1.807, 2.05) is 0 Å². The van der Waals surface area contributed by atoms with Gasteiger partial charge in [0.05, 0.1) is 16.7 Å². The number of aromatic nitrogens is 2. The van der Waals surface area contributed by atoms with Crippen LogP contribution < -0.4 is 15.4 Å². The molecule has 0 unspecified atom stereocenters. The zero-order chi connectivity index (χ0) is 25.1. The molecule has 2 amide bonds. The molecule has 2 heterocycles. The van der Waals surface area contributed by atoms with Crippen molar-refractivity contribution in [1.82, 2.24) is 9.97 Å². The summed E-state index contributed by atoms with van der Waals surface area (Å²) in [4.78, 5) is 21.5. The molecule has 0 saturated carbocycles. The number of carbonyl (C=O) groups excluding carboxylic acids is 1. The van der Waals surface area contributed by atoms with Crippen LogP contribution in [-0.4, -0.2) is 29.2 Å². The van der Waals surface area contributed by atoms with Crippen molar-refractivity contribution in [2.24, 2.45) is 0 Å². The number of carbonyl (C=O) groups is 1. The van der Waals surface area contributed by atoms with E-state index in [0.29, 0.717) is 30.0 Å². The Bertz CT molecular complexity index is 1430. The van der Waals surface area contributed by atoms with Crippen molar-refractivity contribution in [3.05, 3.63) is 83.9 Å². The maximum absolute atomic E-state index is 14.5.